The number of amides is 1. The molecule has 0 aliphatic heterocycles. The third-order valence-corrected chi connectivity index (χ3v) is 6.37. The maximum absolute atomic E-state index is 13.6. The summed E-state index contributed by atoms with van der Waals surface area (Å²) in [6, 6.07) is -0.170. The van der Waals surface area contributed by atoms with E-state index >= 15 is 0 Å². The van der Waals surface area contributed by atoms with Crippen molar-refractivity contribution in [3.05, 3.63) is 11.9 Å². The van der Waals surface area contributed by atoms with Crippen LogP contribution in [0.5, 0.6) is 5.75 Å². The van der Waals surface area contributed by atoms with Gasteiger partial charge in [0.05, 0.1) is 17.3 Å². The summed E-state index contributed by atoms with van der Waals surface area (Å²) in [7, 11) is 0. The van der Waals surface area contributed by atoms with Crippen LogP contribution in [0.3, 0.4) is 0 Å². The zero-order chi connectivity index (χ0) is 20.5. The van der Waals surface area contributed by atoms with E-state index < -0.39 is 34.9 Å². The van der Waals surface area contributed by atoms with Crippen molar-refractivity contribution in [2.24, 2.45) is 17.8 Å². The Labute approximate surface area is 161 Å². The summed E-state index contributed by atoms with van der Waals surface area (Å²) in [5, 5.41) is 17.2. The second-order valence-electron chi connectivity index (χ2n) is 9.69. The Morgan fingerprint density at radius 3 is 2.36 bits per heavy atom. The first-order chi connectivity index (χ1) is 12.9. The molecule has 6 nitrogen and oxygen atoms in total. The molecule has 0 radical (unpaired) electrons. The van der Waals surface area contributed by atoms with Crippen LogP contribution in [0.4, 0.5) is 18.0 Å². The highest BCUT2D eigenvalue weighted by Gasteiger charge is 2.55. The molecule has 1 aromatic rings. The predicted octanol–water partition coefficient (Wildman–Crippen LogP) is 3.68. The van der Waals surface area contributed by atoms with Gasteiger partial charge in [-0.3, -0.25) is 4.68 Å². The third kappa shape index (κ3) is 3.38. The van der Waals surface area contributed by atoms with Crippen LogP contribution in [0.15, 0.2) is 6.20 Å². The van der Waals surface area contributed by atoms with Crippen molar-refractivity contribution >= 4 is 6.09 Å². The Balaban J connectivity index is 1.50. The fraction of sp³-hybridized carbons (Fsp3) is 0.789. The largest absolute Gasteiger partial charge is 0.436 e. The van der Waals surface area contributed by atoms with Crippen LogP contribution in [0.2, 0.25) is 0 Å². The first-order valence-electron chi connectivity index (χ1n) is 9.72. The highest BCUT2D eigenvalue weighted by Crippen LogP contribution is 2.55. The lowest BCUT2D eigenvalue weighted by Crippen LogP contribution is -2.61. The van der Waals surface area contributed by atoms with Crippen LogP contribution in [-0.2, 0) is 11.7 Å². The van der Waals surface area contributed by atoms with Crippen LogP contribution in [0.25, 0.3) is 0 Å². The maximum atomic E-state index is 13.6. The molecule has 28 heavy (non-hydrogen) atoms. The summed E-state index contributed by atoms with van der Waals surface area (Å²) in [6.07, 6.45) is -0.736. The second-order valence-corrected chi connectivity index (χ2v) is 9.69. The smallest absolute Gasteiger partial charge is 0.406 e. The number of nitrogens with zero attached hydrogens (tertiary/aromatic N) is 2. The number of ether oxygens (including phenoxy) is 1. The number of rotatable bonds is 2. The molecule has 9 heteroatoms. The summed E-state index contributed by atoms with van der Waals surface area (Å²) in [6.45, 7) is 4.79. The van der Waals surface area contributed by atoms with E-state index in [1.165, 1.54) is 0 Å². The molecule has 2 atom stereocenters. The number of hydrogen-bond acceptors (Lipinski definition) is 4. The topological polar surface area (TPSA) is 76.4 Å². The Hall–Kier alpha value is -1.77. The average molecular weight is 401 g/mol. The lowest BCUT2D eigenvalue weighted by Gasteiger charge is -2.57. The number of nitrogens with one attached hydrogen (secondary N) is 1. The molecular weight excluding hydrogens is 375 g/mol. The minimum absolute atomic E-state index is 0.142. The summed E-state index contributed by atoms with van der Waals surface area (Å²) < 4.78 is 46.6. The van der Waals surface area contributed by atoms with Gasteiger partial charge in [0.15, 0.2) is 11.4 Å². The van der Waals surface area contributed by atoms with Gasteiger partial charge in [-0.2, -0.15) is 18.3 Å². The van der Waals surface area contributed by atoms with E-state index in [4.69, 9.17) is 4.74 Å². The van der Waals surface area contributed by atoms with Crippen LogP contribution in [-0.4, -0.2) is 32.6 Å². The minimum atomic E-state index is -4.70. The van der Waals surface area contributed by atoms with Crippen molar-refractivity contribution in [2.75, 3.05) is 0 Å². The average Bonchev–Trinajstić information content (AvgIpc) is 2.93. The van der Waals surface area contributed by atoms with Gasteiger partial charge in [0.1, 0.15) is 0 Å². The van der Waals surface area contributed by atoms with E-state index in [9.17, 15) is 23.1 Å². The van der Waals surface area contributed by atoms with Crippen molar-refractivity contribution in [2.45, 2.75) is 76.2 Å². The predicted molar refractivity (Wildman–Crippen MR) is 93.7 cm³/mol. The van der Waals surface area contributed by atoms with Crippen LogP contribution in [0, 0.1) is 17.8 Å². The lowest BCUT2D eigenvalue weighted by atomic mass is 9.52. The molecule has 1 heterocycles. The highest BCUT2D eigenvalue weighted by molar-refractivity contribution is 5.71. The molecule has 2 N–H and O–H groups in total. The van der Waals surface area contributed by atoms with Gasteiger partial charge in [-0.1, -0.05) is 0 Å². The number of halogens is 3. The molecule has 0 unspecified atom stereocenters. The van der Waals surface area contributed by atoms with Gasteiger partial charge in [0.25, 0.3) is 0 Å². The fourth-order valence-corrected chi connectivity index (χ4v) is 5.66. The normalized spacial score (nSPS) is 34.5. The zero-order valence-corrected chi connectivity index (χ0v) is 16.2. The van der Waals surface area contributed by atoms with Gasteiger partial charge in [-0.25, -0.2) is 4.79 Å². The molecule has 1 amide bonds. The number of hydrogen-bond donors (Lipinski definition) is 2. The quantitative estimate of drug-likeness (QED) is 0.793. The molecule has 4 aliphatic carbocycles. The van der Waals surface area contributed by atoms with Crippen LogP contribution < -0.4 is 10.1 Å². The number of carbonyl (C=O) groups excluding carboxylic acids is 1. The Kier molecular flexibility index (Phi) is 4.27. The van der Waals surface area contributed by atoms with E-state index in [1.54, 1.807) is 20.8 Å². The van der Waals surface area contributed by atoms with Gasteiger partial charge in [0.2, 0.25) is 0 Å². The molecule has 1 aromatic heterocycles. The summed E-state index contributed by atoms with van der Waals surface area (Å²) in [5.41, 5.74) is -2.63. The fourth-order valence-electron chi connectivity index (χ4n) is 5.66. The summed E-state index contributed by atoms with van der Waals surface area (Å²) in [5.74, 6) is 0.159. The molecule has 5 rings (SSSR count). The van der Waals surface area contributed by atoms with E-state index in [-0.39, 0.29) is 17.9 Å². The Bertz CT molecular complexity index is 768. The van der Waals surface area contributed by atoms with E-state index in [2.05, 4.69) is 10.4 Å². The second kappa shape index (κ2) is 6.11. The van der Waals surface area contributed by atoms with Crippen molar-refractivity contribution < 1.29 is 27.8 Å². The molecule has 4 saturated carbocycles. The lowest BCUT2D eigenvalue weighted by molar-refractivity contribution is -0.147. The molecule has 0 saturated heterocycles. The van der Waals surface area contributed by atoms with Gasteiger partial charge < -0.3 is 15.2 Å². The van der Waals surface area contributed by atoms with Crippen molar-refractivity contribution in [3.8, 4) is 5.75 Å². The number of alkyl halides is 3. The molecule has 156 valence electrons. The third-order valence-electron chi connectivity index (χ3n) is 6.37. The number of carbonyl (C=O) groups is 1. The van der Waals surface area contributed by atoms with Crippen molar-refractivity contribution in [1.82, 2.24) is 15.1 Å². The number of aliphatic hydroxyl groups is 1. The molecule has 4 bridgehead atoms. The number of aromatic nitrogens is 2. The molecule has 0 aromatic carbocycles. The minimum Gasteiger partial charge on any atom is -0.406 e. The van der Waals surface area contributed by atoms with Gasteiger partial charge in [-0.15, -0.1) is 0 Å². The molecule has 0 spiro atoms. The molecular formula is C19H26F3N3O3. The summed E-state index contributed by atoms with van der Waals surface area (Å²) >= 11 is 0. The van der Waals surface area contributed by atoms with Crippen LogP contribution >= 0.6 is 0 Å². The monoisotopic (exact) mass is 401 g/mol. The molecule has 4 aliphatic rings. The first kappa shape index (κ1) is 19.5. The SMILES string of the molecule is CC(C)(C)n1ncc(OC(=O)NC2[C@H]3CC4C[C@H]2CC(O)(C4)C3)c1C(F)(F)F. The van der Waals surface area contributed by atoms with Gasteiger partial charge in [0, 0.05) is 6.04 Å². The van der Waals surface area contributed by atoms with Gasteiger partial charge >= 0.3 is 12.3 Å². The van der Waals surface area contributed by atoms with E-state index in [0.29, 0.717) is 18.8 Å². The standard InChI is InChI=1S/C19H26F3N3O3/c1-17(2,3)25-15(19(20,21)22)13(9-23-25)28-16(26)24-14-11-4-10-5-12(14)8-18(27,6-10)7-11/h9-12,14,27H,4-8H2,1-3H3,(H,24,26)/t10?,11-,12-,14?,18?/m0/s1. The van der Waals surface area contributed by atoms with Crippen LogP contribution in [0.1, 0.15) is 58.6 Å². The zero-order valence-electron chi connectivity index (χ0n) is 16.2. The van der Waals surface area contributed by atoms with E-state index in [0.717, 1.165) is 30.1 Å². The summed E-state index contributed by atoms with van der Waals surface area (Å²) in [4.78, 5) is 12.4. The highest BCUT2D eigenvalue weighted by atomic mass is 19.4. The van der Waals surface area contributed by atoms with Crippen molar-refractivity contribution in [1.29, 1.82) is 0 Å². The maximum Gasteiger partial charge on any atom is 0.436 e. The first-order valence-corrected chi connectivity index (χ1v) is 9.72. The Morgan fingerprint density at radius 2 is 1.86 bits per heavy atom. The Morgan fingerprint density at radius 1 is 1.25 bits per heavy atom. The van der Waals surface area contributed by atoms with E-state index in [1.807, 2.05) is 0 Å². The molecule has 4 fully saturated rings. The van der Waals surface area contributed by atoms with Gasteiger partial charge in [-0.05, 0) is 70.6 Å². The van der Waals surface area contributed by atoms with Crippen molar-refractivity contribution in [3.63, 3.8) is 0 Å².